The van der Waals surface area contributed by atoms with Gasteiger partial charge >= 0.3 is 5.97 Å². The molecule has 1 saturated carbocycles. The van der Waals surface area contributed by atoms with Crippen LogP contribution < -0.4 is 9.64 Å². The maximum absolute atomic E-state index is 13.1. The summed E-state index contributed by atoms with van der Waals surface area (Å²) in [5.41, 5.74) is 1.47. The van der Waals surface area contributed by atoms with E-state index in [0.29, 0.717) is 28.0 Å². The second kappa shape index (κ2) is 6.85. The van der Waals surface area contributed by atoms with Gasteiger partial charge in [0.15, 0.2) is 0 Å². The predicted molar refractivity (Wildman–Crippen MR) is 109 cm³/mol. The molecule has 0 unspecified atom stereocenters. The summed E-state index contributed by atoms with van der Waals surface area (Å²) in [5, 5.41) is 1.57. The van der Waals surface area contributed by atoms with E-state index in [9.17, 15) is 14.4 Å². The standard InChI is InChI=1S/C24H19NO4/c26-22-19-9-3-7-15-8-4-10-20(21(15)19)23(27)25(22)17-11-13-18(14-12-17)29-24(28)16-5-1-2-6-16/h3-4,7-14,16H,1-2,5-6H2. The summed E-state index contributed by atoms with van der Waals surface area (Å²) in [7, 11) is 0. The van der Waals surface area contributed by atoms with E-state index in [-0.39, 0.29) is 23.7 Å². The van der Waals surface area contributed by atoms with Crippen molar-refractivity contribution >= 4 is 34.2 Å². The first-order valence-electron chi connectivity index (χ1n) is 9.86. The number of imide groups is 1. The summed E-state index contributed by atoms with van der Waals surface area (Å²) >= 11 is 0. The molecule has 3 aromatic rings. The van der Waals surface area contributed by atoms with Gasteiger partial charge in [-0.15, -0.1) is 0 Å². The number of amides is 2. The monoisotopic (exact) mass is 385 g/mol. The van der Waals surface area contributed by atoms with Crippen molar-refractivity contribution in [2.24, 2.45) is 5.92 Å². The topological polar surface area (TPSA) is 63.7 Å². The third-order valence-corrected chi connectivity index (χ3v) is 5.77. The number of anilines is 1. The average Bonchev–Trinajstić information content (AvgIpc) is 3.28. The summed E-state index contributed by atoms with van der Waals surface area (Å²) in [6.45, 7) is 0. The molecule has 2 aliphatic rings. The van der Waals surface area contributed by atoms with Crippen LogP contribution in [0.4, 0.5) is 5.69 Å². The highest BCUT2D eigenvalue weighted by molar-refractivity contribution is 6.35. The molecule has 0 radical (unpaired) electrons. The van der Waals surface area contributed by atoms with Crippen molar-refractivity contribution in [2.75, 3.05) is 4.90 Å². The Hall–Kier alpha value is -3.47. The van der Waals surface area contributed by atoms with E-state index in [2.05, 4.69) is 0 Å². The first-order chi connectivity index (χ1) is 14.1. The summed E-state index contributed by atoms with van der Waals surface area (Å²) < 4.78 is 5.47. The second-order valence-corrected chi connectivity index (χ2v) is 7.55. The third kappa shape index (κ3) is 2.90. The van der Waals surface area contributed by atoms with Crippen LogP contribution in [0, 0.1) is 5.92 Å². The van der Waals surface area contributed by atoms with Crippen LogP contribution in [0.25, 0.3) is 10.8 Å². The molecule has 3 aromatic carbocycles. The van der Waals surface area contributed by atoms with Gasteiger partial charge in [-0.3, -0.25) is 14.4 Å². The number of ether oxygens (including phenoxy) is 1. The first kappa shape index (κ1) is 17.6. The minimum atomic E-state index is -0.352. The number of hydrogen-bond acceptors (Lipinski definition) is 4. The van der Waals surface area contributed by atoms with Gasteiger partial charge in [0, 0.05) is 16.5 Å². The van der Waals surface area contributed by atoms with E-state index >= 15 is 0 Å². The Kier molecular flexibility index (Phi) is 4.16. The van der Waals surface area contributed by atoms with Gasteiger partial charge in [-0.1, -0.05) is 37.1 Å². The largest absolute Gasteiger partial charge is 0.426 e. The van der Waals surface area contributed by atoms with Crippen molar-refractivity contribution in [3.05, 3.63) is 71.8 Å². The Bertz CT molecular complexity index is 1090. The van der Waals surface area contributed by atoms with Gasteiger partial charge < -0.3 is 4.74 Å². The Labute approximate surface area is 167 Å². The average molecular weight is 385 g/mol. The smallest absolute Gasteiger partial charge is 0.314 e. The van der Waals surface area contributed by atoms with Crippen molar-refractivity contribution in [1.82, 2.24) is 0 Å². The van der Waals surface area contributed by atoms with Crippen molar-refractivity contribution < 1.29 is 19.1 Å². The molecule has 5 nitrogen and oxygen atoms in total. The first-order valence-corrected chi connectivity index (χ1v) is 9.86. The molecule has 0 spiro atoms. The number of rotatable bonds is 3. The van der Waals surface area contributed by atoms with Gasteiger partial charge in [-0.25, -0.2) is 4.90 Å². The van der Waals surface area contributed by atoms with E-state index in [1.807, 2.05) is 24.3 Å². The summed E-state index contributed by atoms with van der Waals surface area (Å²) in [5.74, 6) is -0.520. The van der Waals surface area contributed by atoms with Crippen LogP contribution in [0.3, 0.4) is 0 Å². The number of carbonyl (C=O) groups is 3. The molecule has 5 rings (SSSR count). The SMILES string of the molecule is O=C(Oc1ccc(N2C(=O)c3cccc4cccc(c34)C2=O)cc1)C1CCCC1. The Morgan fingerprint density at radius 2 is 1.41 bits per heavy atom. The van der Waals surface area contributed by atoms with E-state index in [4.69, 9.17) is 4.74 Å². The highest BCUT2D eigenvalue weighted by atomic mass is 16.5. The Morgan fingerprint density at radius 3 is 2.00 bits per heavy atom. The fourth-order valence-corrected chi connectivity index (χ4v) is 4.29. The van der Waals surface area contributed by atoms with Gasteiger partial charge in [0.1, 0.15) is 5.75 Å². The maximum Gasteiger partial charge on any atom is 0.314 e. The highest BCUT2D eigenvalue weighted by Crippen LogP contribution is 2.33. The molecule has 1 aliphatic carbocycles. The lowest BCUT2D eigenvalue weighted by Crippen LogP contribution is -2.40. The van der Waals surface area contributed by atoms with Gasteiger partial charge in [-0.05, 0) is 54.6 Å². The number of esters is 1. The van der Waals surface area contributed by atoms with E-state index < -0.39 is 0 Å². The fourth-order valence-electron chi connectivity index (χ4n) is 4.29. The Morgan fingerprint density at radius 1 is 0.828 bits per heavy atom. The lowest BCUT2D eigenvalue weighted by molar-refractivity contribution is -0.138. The van der Waals surface area contributed by atoms with Crippen LogP contribution in [0.5, 0.6) is 5.75 Å². The number of carbonyl (C=O) groups excluding carboxylic acids is 3. The molecule has 0 atom stereocenters. The molecule has 29 heavy (non-hydrogen) atoms. The van der Waals surface area contributed by atoms with Crippen LogP contribution in [0.15, 0.2) is 60.7 Å². The van der Waals surface area contributed by atoms with Crippen molar-refractivity contribution in [2.45, 2.75) is 25.7 Å². The van der Waals surface area contributed by atoms with E-state index in [0.717, 1.165) is 31.1 Å². The third-order valence-electron chi connectivity index (χ3n) is 5.77. The molecule has 0 N–H and O–H groups in total. The maximum atomic E-state index is 13.1. The normalized spacial score (nSPS) is 16.5. The molecule has 0 aromatic heterocycles. The zero-order chi connectivity index (χ0) is 20.0. The molecule has 5 heteroatoms. The van der Waals surface area contributed by atoms with Crippen molar-refractivity contribution in [1.29, 1.82) is 0 Å². The lowest BCUT2D eigenvalue weighted by Gasteiger charge is -2.27. The second-order valence-electron chi connectivity index (χ2n) is 7.55. The number of hydrogen-bond donors (Lipinski definition) is 0. The van der Waals surface area contributed by atoms with E-state index in [1.165, 1.54) is 4.90 Å². The minimum Gasteiger partial charge on any atom is -0.426 e. The summed E-state index contributed by atoms with van der Waals surface area (Å²) in [6, 6.07) is 17.4. The summed E-state index contributed by atoms with van der Waals surface area (Å²) in [6.07, 6.45) is 3.87. The molecule has 144 valence electrons. The van der Waals surface area contributed by atoms with Crippen LogP contribution >= 0.6 is 0 Å². The number of benzene rings is 3. The quantitative estimate of drug-likeness (QED) is 0.371. The van der Waals surface area contributed by atoms with Crippen LogP contribution in [-0.4, -0.2) is 17.8 Å². The molecular formula is C24H19NO4. The highest BCUT2D eigenvalue weighted by Gasteiger charge is 2.33. The molecule has 1 heterocycles. The van der Waals surface area contributed by atoms with Crippen LogP contribution in [0.1, 0.15) is 46.4 Å². The molecular weight excluding hydrogens is 366 g/mol. The molecule has 0 bridgehead atoms. The molecule has 2 amide bonds. The predicted octanol–water partition coefficient (Wildman–Crippen LogP) is 4.74. The van der Waals surface area contributed by atoms with E-state index in [1.54, 1.807) is 36.4 Å². The zero-order valence-corrected chi connectivity index (χ0v) is 15.8. The van der Waals surface area contributed by atoms with Gasteiger partial charge in [0.2, 0.25) is 0 Å². The Balaban J connectivity index is 1.44. The van der Waals surface area contributed by atoms with Gasteiger partial charge in [0.05, 0.1) is 11.6 Å². The minimum absolute atomic E-state index is 0.0306. The number of nitrogens with zero attached hydrogens (tertiary/aromatic N) is 1. The molecule has 1 fully saturated rings. The van der Waals surface area contributed by atoms with Crippen LogP contribution in [0.2, 0.25) is 0 Å². The van der Waals surface area contributed by atoms with Gasteiger partial charge in [0.25, 0.3) is 11.8 Å². The molecule has 1 aliphatic heterocycles. The van der Waals surface area contributed by atoms with Gasteiger partial charge in [-0.2, -0.15) is 0 Å². The summed E-state index contributed by atoms with van der Waals surface area (Å²) in [4.78, 5) is 39.5. The lowest BCUT2D eigenvalue weighted by atomic mass is 9.94. The zero-order valence-electron chi connectivity index (χ0n) is 15.8. The van der Waals surface area contributed by atoms with Crippen LogP contribution in [-0.2, 0) is 4.79 Å². The fraction of sp³-hybridized carbons (Fsp3) is 0.208. The van der Waals surface area contributed by atoms with Crippen molar-refractivity contribution in [3.8, 4) is 5.75 Å². The molecule has 0 saturated heterocycles. The van der Waals surface area contributed by atoms with Crippen molar-refractivity contribution in [3.63, 3.8) is 0 Å².